The second-order valence-corrected chi connectivity index (χ2v) is 2.34. The molecule has 0 spiro atoms. The first kappa shape index (κ1) is 8.21. The van der Waals surface area contributed by atoms with E-state index in [-0.39, 0.29) is 6.61 Å². The summed E-state index contributed by atoms with van der Waals surface area (Å²) in [7, 11) is 1.80. The van der Waals surface area contributed by atoms with E-state index < -0.39 is 0 Å². The maximum Gasteiger partial charge on any atom is 0.0431 e. The maximum absolute atomic E-state index is 8.32. The van der Waals surface area contributed by atoms with Crippen molar-refractivity contribution < 1.29 is 5.11 Å². The standard InChI is InChI=1S/C5H12ClNO/c1-7(6)4-2-3-5-8/h8H,2-5H2,1H3. The monoisotopic (exact) mass is 137 g/mol. The van der Waals surface area contributed by atoms with Crippen LogP contribution in [0.15, 0.2) is 0 Å². The quantitative estimate of drug-likeness (QED) is 0.459. The lowest BCUT2D eigenvalue weighted by atomic mass is 10.3. The predicted octanol–water partition coefficient (Wildman–Crippen LogP) is 0.845. The highest BCUT2D eigenvalue weighted by Gasteiger charge is 1.89. The van der Waals surface area contributed by atoms with Gasteiger partial charge in [0, 0.05) is 20.2 Å². The number of halogens is 1. The summed E-state index contributed by atoms with van der Waals surface area (Å²) in [6, 6.07) is 0. The largest absolute Gasteiger partial charge is 0.396 e. The summed E-state index contributed by atoms with van der Waals surface area (Å²) in [5.41, 5.74) is 0. The van der Waals surface area contributed by atoms with Gasteiger partial charge in [-0.25, -0.2) is 4.42 Å². The zero-order valence-electron chi connectivity index (χ0n) is 5.10. The lowest BCUT2D eigenvalue weighted by molar-refractivity contribution is 0.280. The van der Waals surface area contributed by atoms with Crippen LogP contribution in [0.25, 0.3) is 0 Å². The number of unbranched alkanes of at least 4 members (excludes halogenated alkanes) is 1. The molecule has 0 aliphatic heterocycles. The third-order valence-electron chi connectivity index (χ3n) is 0.874. The third kappa shape index (κ3) is 6.21. The molecule has 1 N–H and O–H groups in total. The Morgan fingerprint density at radius 3 is 2.50 bits per heavy atom. The van der Waals surface area contributed by atoms with E-state index in [2.05, 4.69) is 0 Å². The highest BCUT2D eigenvalue weighted by molar-refractivity contribution is 6.13. The van der Waals surface area contributed by atoms with Crippen molar-refractivity contribution in [3.05, 3.63) is 0 Å². The molecule has 0 aromatic heterocycles. The lowest BCUT2D eigenvalue weighted by Crippen LogP contribution is -2.06. The molecule has 0 amide bonds. The molecule has 0 aliphatic carbocycles. The van der Waals surface area contributed by atoms with Crippen molar-refractivity contribution in [1.29, 1.82) is 0 Å². The van der Waals surface area contributed by atoms with Crippen molar-refractivity contribution in [2.24, 2.45) is 0 Å². The fourth-order valence-corrected chi connectivity index (χ4v) is 0.561. The minimum absolute atomic E-state index is 0.269. The zero-order chi connectivity index (χ0) is 6.41. The number of hydrogen-bond donors (Lipinski definition) is 1. The Hall–Kier alpha value is 0.210. The lowest BCUT2D eigenvalue weighted by Gasteiger charge is -2.03. The Morgan fingerprint density at radius 2 is 2.12 bits per heavy atom. The first-order valence-electron chi connectivity index (χ1n) is 2.75. The predicted molar refractivity (Wildman–Crippen MR) is 34.8 cm³/mol. The average molecular weight is 138 g/mol. The molecular formula is C5H12ClNO. The first-order chi connectivity index (χ1) is 3.77. The van der Waals surface area contributed by atoms with Crippen molar-refractivity contribution >= 4 is 11.8 Å². The molecule has 8 heavy (non-hydrogen) atoms. The minimum atomic E-state index is 0.269. The van der Waals surface area contributed by atoms with E-state index >= 15 is 0 Å². The Balaban J connectivity index is 2.72. The molecule has 0 bridgehead atoms. The number of nitrogens with zero attached hydrogens (tertiary/aromatic N) is 1. The van der Waals surface area contributed by atoms with Crippen LogP contribution in [0.3, 0.4) is 0 Å². The van der Waals surface area contributed by atoms with Crippen LogP contribution in [0.1, 0.15) is 12.8 Å². The number of rotatable bonds is 4. The second-order valence-electron chi connectivity index (χ2n) is 1.76. The summed E-state index contributed by atoms with van der Waals surface area (Å²) >= 11 is 5.47. The van der Waals surface area contributed by atoms with Crippen LogP contribution in [-0.4, -0.2) is 29.7 Å². The van der Waals surface area contributed by atoms with Gasteiger partial charge in [0.1, 0.15) is 0 Å². The molecule has 2 nitrogen and oxygen atoms in total. The van der Waals surface area contributed by atoms with Crippen molar-refractivity contribution in [2.45, 2.75) is 12.8 Å². The van der Waals surface area contributed by atoms with E-state index in [9.17, 15) is 0 Å². The smallest absolute Gasteiger partial charge is 0.0431 e. The van der Waals surface area contributed by atoms with E-state index in [1.165, 1.54) is 0 Å². The van der Waals surface area contributed by atoms with Crippen molar-refractivity contribution in [3.8, 4) is 0 Å². The molecular weight excluding hydrogens is 126 g/mol. The fraction of sp³-hybridized carbons (Fsp3) is 1.00. The van der Waals surface area contributed by atoms with Crippen LogP contribution >= 0.6 is 11.8 Å². The van der Waals surface area contributed by atoms with Crippen LogP contribution in [0.5, 0.6) is 0 Å². The third-order valence-corrected chi connectivity index (χ3v) is 1.04. The van der Waals surface area contributed by atoms with Crippen LogP contribution in [0.2, 0.25) is 0 Å². The van der Waals surface area contributed by atoms with E-state index in [0.29, 0.717) is 0 Å². The highest BCUT2D eigenvalue weighted by atomic mass is 35.5. The normalized spacial score (nSPS) is 10.5. The van der Waals surface area contributed by atoms with Gasteiger partial charge in [-0.1, -0.05) is 0 Å². The summed E-state index contributed by atoms with van der Waals surface area (Å²) in [6.45, 7) is 1.12. The van der Waals surface area contributed by atoms with Gasteiger partial charge in [0.2, 0.25) is 0 Å². The zero-order valence-corrected chi connectivity index (χ0v) is 5.86. The Morgan fingerprint density at radius 1 is 1.50 bits per heavy atom. The fourth-order valence-electron chi connectivity index (χ4n) is 0.441. The molecule has 0 radical (unpaired) electrons. The SMILES string of the molecule is CN(Cl)CCCCO. The van der Waals surface area contributed by atoms with Gasteiger partial charge in [-0.2, -0.15) is 0 Å². The second kappa shape index (κ2) is 5.35. The Kier molecular flexibility index (Phi) is 5.49. The van der Waals surface area contributed by atoms with Crippen LogP contribution < -0.4 is 0 Å². The average Bonchev–Trinajstić information content (AvgIpc) is 1.66. The summed E-state index contributed by atoms with van der Waals surface area (Å²) in [5.74, 6) is 0. The van der Waals surface area contributed by atoms with Gasteiger partial charge in [0.15, 0.2) is 0 Å². The van der Waals surface area contributed by atoms with Gasteiger partial charge in [0.25, 0.3) is 0 Å². The first-order valence-corrected chi connectivity index (χ1v) is 3.09. The molecule has 0 aromatic rings. The molecule has 50 valence electrons. The van der Waals surface area contributed by atoms with Crippen LogP contribution in [0, 0.1) is 0 Å². The molecule has 0 aliphatic rings. The van der Waals surface area contributed by atoms with Gasteiger partial charge in [-0.3, -0.25) is 0 Å². The van der Waals surface area contributed by atoms with Crippen LogP contribution in [0.4, 0.5) is 0 Å². The topological polar surface area (TPSA) is 23.5 Å². The number of aliphatic hydroxyl groups is 1. The summed E-state index contributed by atoms with van der Waals surface area (Å²) in [6.07, 6.45) is 1.81. The molecule has 0 rings (SSSR count). The molecule has 0 fully saturated rings. The molecule has 0 aromatic carbocycles. The van der Waals surface area contributed by atoms with E-state index in [4.69, 9.17) is 16.9 Å². The molecule has 0 atom stereocenters. The van der Waals surface area contributed by atoms with Crippen LogP contribution in [-0.2, 0) is 0 Å². The van der Waals surface area contributed by atoms with E-state index in [1.807, 2.05) is 0 Å². The van der Waals surface area contributed by atoms with E-state index in [1.54, 1.807) is 11.5 Å². The molecule has 0 saturated carbocycles. The van der Waals surface area contributed by atoms with Gasteiger partial charge in [0.05, 0.1) is 0 Å². The van der Waals surface area contributed by atoms with Crippen molar-refractivity contribution in [1.82, 2.24) is 4.42 Å². The van der Waals surface area contributed by atoms with E-state index in [0.717, 1.165) is 19.4 Å². The Labute approximate surface area is 55.2 Å². The molecule has 0 saturated heterocycles. The number of hydrogen-bond acceptors (Lipinski definition) is 2. The summed E-state index contributed by atoms with van der Waals surface area (Å²) in [4.78, 5) is 0. The summed E-state index contributed by atoms with van der Waals surface area (Å²) in [5, 5.41) is 8.32. The number of aliphatic hydroxyl groups excluding tert-OH is 1. The molecule has 0 unspecified atom stereocenters. The van der Waals surface area contributed by atoms with Gasteiger partial charge >= 0.3 is 0 Å². The molecule has 0 heterocycles. The van der Waals surface area contributed by atoms with Gasteiger partial charge in [-0.05, 0) is 24.6 Å². The maximum atomic E-state index is 8.32. The van der Waals surface area contributed by atoms with Crippen molar-refractivity contribution in [3.63, 3.8) is 0 Å². The van der Waals surface area contributed by atoms with Gasteiger partial charge in [-0.15, -0.1) is 0 Å². The highest BCUT2D eigenvalue weighted by Crippen LogP contribution is 1.92. The molecule has 3 heteroatoms. The minimum Gasteiger partial charge on any atom is -0.396 e. The summed E-state index contributed by atoms with van der Waals surface area (Å²) < 4.78 is 1.59. The van der Waals surface area contributed by atoms with Crippen molar-refractivity contribution in [2.75, 3.05) is 20.2 Å². The Bertz CT molecular complexity index is 49.7. The van der Waals surface area contributed by atoms with Gasteiger partial charge < -0.3 is 5.11 Å².